The number of piperidine rings is 1. The van der Waals surface area contributed by atoms with Crippen molar-refractivity contribution in [2.45, 2.75) is 44.5 Å². The molecule has 1 fully saturated rings. The third kappa shape index (κ3) is 5.41. The standard InChI is InChI=1S/C24H25ClF3N3O3/c1-15-21(14-22(32)33)31(29-23(15)24(26,27)28)18-6-8-19(9-7-18)34-20-10-12-30(13-11-20)17-4-2-16(25)3-5-17/h2-9,15,20-21H,10-14H2,1H3,(H,32,33). The predicted molar refractivity (Wildman–Crippen MR) is 125 cm³/mol. The molecular formula is C24H25ClF3N3O3. The van der Waals surface area contributed by atoms with Gasteiger partial charge in [0.1, 0.15) is 17.6 Å². The fourth-order valence-electron chi connectivity index (χ4n) is 4.44. The van der Waals surface area contributed by atoms with Crippen LogP contribution in [-0.4, -0.2) is 48.2 Å². The fraction of sp³-hybridized carbons (Fsp3) is 0.417. The number of carboxylic acid groups (broad SMARTS) is 1. The molecule has 2 heterocycles. The highest BCUT2D eigenvalue weighted by atomic mass is 35.5. The molecule has 0 aromatic heterocycles. The number of anilines is 2. The van der Waals surface area contributed by atoms with Crippen LogP contribution in [0.5, 0.6) is 5.75 Å². The lowest BCUT2D eigenvalue weighted by Crippen LogP contribution is -2.38. The van der Waals surface area contributed by atoms with E-state index in [4.69, 9.17) is 16.3 Å². The molecule has 1 saturated heterocycles. The maximum atomic E-state index is 13.4. The molecule has 2 aliphatic rings. The van der Waals surface area contributed by atoms with Gasteiger partial charge in [0.05, 0.1) is 18.2 Å². The largest absolute Gasteiger partial charge is 0.490 e. The Morgan fingerprint density at radius 3 is 2.24 bits per heavy atom. The minimum atomic E-state index is -4.62. The van der Waals surface area contributed by atoms with Crippen LogP contribution < -0.4 is 14.6 Å². The maximum Gasteiger partial charge on any atom is 0.431 e. The molecule has 2 atom stereocenters. The second-order valence-electron chi connectivity index (χ2n) is 8.56. The summed E-state index contributed by atoms with van der Waals surface area (Å²) in [6, 6.07) is 13.4. The number of hydrogen-bond donors (Lipinski definition) is 1. The fourth-order valence-corrected chi connectivity index (χ4v) is 4.56. The van der Waals surface area contributed by atoms with Crippen molar-refractivity contribution in [3.8, 4) is 5.75 Å². The number of aliphatic carboxylic acids is 1. The number of nitrogens with zero attached hydrogens (tertiary/aromatic N) is 3. The Morgan fingerprint density at radius 2 is 1.68 bits per heavy atom. The quantitative estimate of drug-likeness (QED) is 0.564. The Bertz CT molecular complexity index is 1040. The summed E-state index contributed by atoms with van der Waals surface area (Å²) < 4.78 is 46.2. The lowest BCUT2D eigenvalue weighted by molar-refractivity contribution is -0.137. The van der Waals surface area contributed by atoms with Gasteiger partial charge in [0.25, 0.3) is 0 Å². The molecule has 2 aliphatic heterocycles. The van der Waals surface area contributed by atoms with Crippen molar-refractivity contribution in [2.24, 2.45) is 11.0 Å². The van der Waals surface area contributed by atoms with E-state index < -0.39 is 36.2 Å². The van der Waals surface area contributed by atoms with Crippen LogP contribution in [0.15, 0.2) is 53.6 Å². The summed E-state index contributed by atoms with van der Waals surface area (Å²) in [6.45, 7) is 3.03. The summed E-state index contributed by atoms with van der Waals surface area (Å²) in [4.78, 5) is 13.5. The smallest absolute Gasteiger partial charge is 0.431 e. The number of carboxylic acids is 1. The number of halogens is 4. The van der Waals surface area contributed by atoms with Crippen LogP contribution in [0.1, 0.15) is 26.2 Å². The van der Waals surface area contributed by atoms with Crippen LogP contribution >= 0.6 is 11.6 Å². The third-order valence-electron chi connectivity index (χ3n) is 6.25. The molecule has 4 rings (SSSR count). The average molecular weight is 496 g/mol. The number of alkyl halides is 3. The van der Waals surface area contributed by atoms with Crippen molar-refractivity contribution >= 4 is 34.7 Å². The Balaban J connectivity index is 1.40. The van der Waals surface area contributed by atoms with Gasteiger partial charge in [-0.3, -0.25) is 9.80 Å². The highest BCUT2D eigenvalue weighted by molar-refractivity contribution is 6.30. The van der Waals surface area contributed by atoms with E-state index in [0.29, 0.717) is 16.5 Å². The first-order chi connectivity index (χ1) is 16.1. The molecule has 0 amide bonds. The highest BCUT2D eigenvalue weighted by Gasteiger charge is 2.48. The zero-order chi connectivity index (χ0) is 24.5. The number of hydrazone groups is 1. The number of benzene rings is 2. The van der Waals surface area contributed by atoms with Gasteiger partial charge in [-0.25, -0.2) is 0 Å². The van der Waals surface area contributed by atoms with E-state index in [0.717, 1.165) is 36.6 Å². The molecule has 0 bridgehead atoms. The van der Waals surface area contributed by atoms with Gasteiger partial charge in [-0.05, 0) is 48.5 Å². The van der Waals surface area contributed by atoms with Crippen molar-refractivity contribution in [2.75, 3.05) is 23.0 Å². The summed E-state index contributed by atoms with van der Waals surface area (Å²) >= 11 is 5.96. The molecule has 0 aliphatic carbocycles. The van der Waals surface area contributed by atoms with E-state index in [9.17, 15) is 23.1 Å². The van der Waals surface area contributed by atoms with Crippen molar-refractivity contribution in [1.29, 1.82) is 0 Å². The van der Waals surface area contributed by atoms with Gasteiger partial charge in [-0.2, -0.15) is 18.3 Å². The minimum Gasteiger partial charge on any atom is -0.490 e. The molecule has 0 radical (unpaired) electrons. The van der Waals surface area contributed by atoms with Gasteiger partial charge in [-0.15, -0.1) is 0 Å². The van der Waals surface area contributed by atoms with E-state index in [2.05, 4.69) is 10.0 Å². The molecule has 182 valence electrons. The van der Waals surface area contributed by atoms with Gasteiger partial charge in [0.15, 0.2) is 0 Å². The van der Waals surface area contributed by atoms with Crippen molar-refractivity contribution in [1.82, 2.24) is 0 Å². The minimum absolute atomic E-state index is 0.0239. The molecule has 2 aromatic rings. The van der Waals surface area contributed by atoms with Crippen molar-refractivity contribution < 1.29 is 27.8 Å². The van der Waals surface area contributed by atoms with E-state index >= 15 is 0 Å². The Labute approximate surface area is 200 Å². The van der Waals surface area contributed by atoms with E-state index in [1.807, 2.05) is 24.3 Å². The summed E-state index contributed by atoms with van der Waals surface area (Å²) in [7, 11) is 0. The summed E-state index contributed by atoms with van der Waals surface area (Å²) in [6.07, 6.45) is -3.39. The van der Waals surface area contributed by atoms with Gasteiger partial charge >= 0.3 is 12.1 Å². The number of carbonyl (C=O) groups is 1. The van der Waals surface area contributed by atoms with Crippen LogP contribution in [0.25, 0.3) is 0 Å². The average Bonchev–Trinajstić information content (AvgIpc) is 3.11. The van der Waals surface area contributed by atoms with Gasteiger partial charge in [-0.1, -0.05) is 18.5 Å². The molecule has 10 heteroatoms. The molecule has 2 unspecified atom stereocenters. The van der Waals surface area contributed by atoms with Crippen LogP contribution in [-0.2, 0) is 4.79 Å². The highest BCUT2D eigenvalue weighted by Crippen LogP contribution is 2.37. The van der Waals surface area contributed by atoms with Crippen molar-refractivity contribution in [3.05, 3.63) is 53.6 Å². The zero-order valence-corrected chi connectivity index (χ0v) is 19.3. The second kappa shape index (κ2) is 9.74. The number of hydrogen-bond acceptors (Lipinski definition) is 5. The van der Waals surface area contributed by atoms with E-state index in [-0.39, 0.29) is 6.10 Å². The number of ether oxygens (including phenoxy) is 1. The first kappa shape index (κ1) is 24.2. The molecule has 34 heavy (non-hydrogen) atoms. The van der Waals surface area contributed by atoms with Gasteiger partial charge in [0, 0.05) is 42.6 Å². The topological polar surface area (TPSA) is 65.4 Å². The van der Waals surface area contributed by atoms with Gasteiger partial charge < -0.3 is 14.7 Å². The first-order valence-corrected chi connectivity index (χ1v) is 11.4. The lowest BCUT2D eigenvalue weighted by Gasteiger charge is -2.33. The van der Waals surface area contributed by atoms with Crippen LogP contribution in [0.2, 0.25) is 5.02 Å². The first-order valence-electron chi connectivity index (χ1n) is 11.1. The Kier molecular flexibility index (Phi) is 6.93. The van der Waals surface area contributed by atoms with E-state index in [1.165, 1.54) is 6.92 Å². The van der Waals surface area contributed by atoms with Gasteiger partial charge in [0.2, 0.25) is 0 Å². The molecule has 6 nitrogen and oxygen atoms in total. The monoisotopic (exact) mass is 495 g/mol. The number of rotatable bonds is 6. The van der Waals surface area contributed by atoms with E-state index in [1.54, 1.807) is 24.3 Å². The Hall–Kier alpha value is -2.94. The third-order valence-corrected chi connectivity index (χ3v) is 6.50. The second-order valence-corrected chi connectivity index (χ2v) is 8.99. The van der Waals surface area contributed by atoms with Crippen LogP contribution in [0, 0.1) is 5.92 Å². The normalized spacial score (nSPS) is 21.5. The predicted octanol–water partition coefficient (Wildman–Crippen LogP) is 5.61. The molecule has 0 spiro atoms. The molecule has 0 saturated carbocycles. The van der Waals surface area contributed by atoms with Crippen LogP contribution in [0.3, 0.4) is 0 Å². The Morgan fingerprint density at radius 1 is 1.09 bits per heavy atom. The van der Waals surface area contributed by atoms with Crippen molar-refractivity contribution in [3.63, 3.8) is 0 Å². The van der Waals surface area contributed by atoms with Crippen LogP contribution in [0.4, 0.5) is 24.5 Å². The molecule has 2 aromatic carbocycles. The summed E-state index contributed by atoms with van der Waals surface area (Å²) in [5.74, 6) is -1.63. The zero-order valence-electron chi connectivity index (χ0n) is 18.5. The maximum absolute atomic E-state index is 13.4. The molecular weight excluding hydrogens is 471 g/mol. The molecule has 1 N–H and O–H groups in total. The SMILES string of the molecule is CC1C(C(F)(F)F)=NN(c2ccc(OC3CCN(c4ccc(Cl)cc4)CC3)cc2)C1CC(=O)O. The lowest BCUT2D eigenvalue weighted by atomic mass is 9.94. The summed E-state index contributed by atoms with van der Waals surface area (Å²) in [5, 5.41) is 14.8. The summed E-state index contributed by atoms with van der Waals surface area (Å²) in [5.41, 5.74) is 0.538.